The Morgan fingerprint density at radius 2 is 1.95 bits per heavy atom. The molecule has 4 nitrogen and oxygen atoms in total. The molecule has 0 unspecified atom stereocenters. The first-order chi connectivity index (χ1) is 9.25. The number of carbonyl (C=O) groups excluding carboxylic acids is 1. The van der Waals surface area contributed by atoms with Crippen LogP contribution in [0.5, 0.6) is 0 Å². The largest absolute Gasteiger partial charge is 0.336 e. The Bertz CT molecular complexity index is 731. The van der Waals surface area contributed by atoms with Gasteiger partial charge in [0.25, 0.3) is 5.91 Å². The van der Waals surface area contributed by atoms with Crippen molar-refractivity contribution in [2.24, 2.45) is 7.05 Å². The molecule has 0 atom stereocenters. The molecule has 0 aliphatic rings. The molecule has 19 heavy (non-hydrogen) atoms. The SMILES string of the molecule is Cn1ccc2c(NC(=O)c3ccccc3)ccnc21. The molecule has 1 N–H and O–H groups in total. The summed E-state index contributed by atoms with van der Waals surface area (Å²) in [6, 6.07) is 12.9. The predicted molar refractivity (Wildman–Crippen MR) is 75.1 cm³/mol. The highest BCUT2D eigenvalue weighted by atomic mass is 16.1. The molecule has 0 saturated heterocycles. The molecule has 0 saturated carbocycles. The van der Waals surface area contributed by atoms with Crippen LogP contribution in [-0.2, 0) is 7.05 Å². The lowest BCUT2D eigenvalue weighted by molar-refractivity contribution is 0.102. The fraction of sp³-hybridized carbons (Fsp3) is 0.0667. The van der Waals surface area contributed by atoms with E-state index in [1.165, 1.54) is 0 Å². The first-order valence-corrected chi connectivity index (χ1v) is 6.02. The van der Waals surface area contributed by atoms with E-state index in [9.17, 15) is 4.79 Å². The van der Waals surface area contributed by atoms with E-state index < -0.39 is 0 Å². The predicted octanol–water partition coefficient (Wildman–Crippen LogP) is 2.83. The molecule has 3 rings (SSSR count). The van der Waals surface area contributed by atoms with Crippen LogP contribution < -0.4 is 5.32 Å². The quantitative estimate of drug-likeness (QED) is 0.761. The summed E-state index contributed by atoms with van der Waals surface area (Å²) in [6.07, 6.45) is 3.62. The van der Waals surface area contributed by atoms with Crippen molar-refractivity contribution in [1.29, 1.82) is 0 Å². The zero-order valence-corrected chi connectivity index (χ0v) is 10.5. The molecule has 0 aliphatic heterocycles. The third-order valence-corrected chi connectivity index (χ3v) is 3.05. The Kier molecular flexibility index (Phi) is 2.76. The summed E-state index contributed by atoms with van der Waals surface area (Å²) in [6.45, 7) is 0. The second-order valence-corrected chi connectivity index (χ2v) is 4.34. The second-order valence-electron chi connectivity index (χ2n) is 4.34. The molecule has 0 spiro atoms. The van der Waals surface area contributed by atoms with Crippen LogP contribution in [-0.4, -0.2) is 15.5 Å². The van der Waals surface area contributed by atoms with Gasteiger partial charge in [-0.05, 0) is 24.3 Å². The van der Waals surface area contributed by atoms with Crippen LogP contribution >= 0.6 is 0 Å². The summed E-state index contributed by atoms with van der Waals surface area (Å²) in [4.78, 5) is 16.4. The Morgan fingerprint density at radius 1 is 1.16 bits per heavy atom. The molecule has 0 aliphatic carbocycles. The van der Waals surface area contributed by atoms with Crippen LogP contribution in [0.4, 0.5) is 5.69 Å². The molecule has 1 aromatic carbocycles. The minimum absolute atomic E-state index is 0.114. The molecule has 0 fully saturated rings. The minimum atomic E-state index is -0.114. The number of aromatic nitrogens is 2. The van der Waals surface area contributed by atoms with Gasteiger partial charge in [0.2, 0.25) is 0 Å². The Morgan fingerprint density at radius 3 is 2.74 bits per heavy atom. The number of hydrogen-bond acceptors (Lipinski definition) is 2. The van der Waals surface area contributed by atoms with Crippen LogP contribution in [0.15, 0.2) is 54.9 Å². The van der Waals surface area contributed by atoms with Gasteiger partial charge in [0.1, 0.15) is 5.65 Å². The van der Waals surface area contributed by atoms with Gasteiger partial charge < -0.3 is 9.88 Å². The van der Waals surface area contributed by atoms with Crippen molar-refractivity contribution >= 4 is 22.6 Å². The number of rotatable bonds is 2. The Balaban J connectivity index is 1.96. The summed E-state index contributed by atoms with van der Waals surface area (Å²) in [5.41, 5.74) is 2.27. The second kappa shape index (κ2) is 4.57. The molecule has 2 heterocycles. The molecule has 0 bridgehead atoms. The maximum absolute atomic E-state index is 12.1. The summed E-state index contributed by atoms with van der Waals surface area (Å²) < 4.78 is 1.92. The fourth-order valence-electron chi connectivity index (χ4n) is 2.06. The van der Waals surface area contributed by atoms with Gasteiger partial charge in [-0.2, -0.15) is 0 Å². The smallest absolute Gasteiger partial charge is 0.255 e. The number of carbonyl (C=O) groups is 1. The third kappa shape index (κ3) is 2.08. The van der Waals surface area contributed by atoms with Gasteiger partial charge in [0.05, 0.1) is 5.69 Å². The van der Waals surface area contributed by atoms with Gasteiger partial charge in [0, 0.05) is 30.4 Å². The van der Waals surface area contributed by atoms with Gasteiger partial charge in [0.15, 0.2) is 0 Å². The van der Waals surface area contributed by atoms with E-state index in [1.807, 2.05) is 48.1 Å². The van der Waals surface area contributed by atoms with Gasteiger partial charge >= 0.3 is 0 Å². The first kappa shape index (κ1) is 11.5. The van der Waals surface area contributed by atoms with Crippen molar-refractivity contribution in [3.63, 3.8) is 0 Å². The maximum Gasteiger partial charge on any atom is 0.255 e. The van der Waals surface area contributed by atoms with E-state index in [0.717, 1.165) is 16.7 Å². The number of nitrogens with zero attached hydrogens (tertiary/aromatic N) is 2. The Labute approximate surface area is 110 Å². The van der Waals surface area contributed by atoms with E-state index in [-0.39, 0.29) is 5.91 Å². The first-order valence-electron chi connectivity index (χ1n) is 6.02. The van der Waals surface area contributed by atoms with Crippen molar-refractivity contribution in [3.05, 3.63) is 60.4 Å². The number of hydrogen-bond donors (Lipinski definition) is 1. The Hall–Kier alpha value is -2.62. The van der Waals surface area contributed by atoms with Gasteiger partial charge in [-0.15, -0.1) is 0 Å². The average molecular weight is 251 g/mol. The van der Waals surface area contributed by atoms with Crippen LogP contribution in [0, 0.1) is 0 Å². The zero-order chi connectivity index (χ0) is 13.2. The lowest BCUT2D eigenvalue weighted by Crippen LogP contribution is -2.11. The lowest BCUT2D eigenvalue weighted by Gasteiger charge is -2.06. The van der Waals surface area contributed by atoms with Crippen LogP contribution in [0.2, 0.25) is 0 Å². The number of nitrogens with one attached hydrogen (secondary N) is 1. The maximum atomic E-state index is 12.1. The van der Waals surface area contributed by atoms with E-state index in [4.69, 9.17) is 0 Å². The summed E-state index contributed by atoms with van der Waals surface area (Å²) in [5.74, 6) is -0.114. The van der Waals surface area contributed by atoms with Gasteiger partial charge in [-0.1, -0.05) is 18.2 Å². The van der Waals surface area contributed by atoms with Crippen LogP contribution in [0.3, 0.4) is 0 Å². The summed E-state index contributed by atoms with van der Waals surface area (Å²) in [7, 11) is 1.93. The van der Waals surface area contributed by atoms with E-state index in [0.29, 0.717) is 5.56 Å². The number of aryl methyl sites for hydroxylation is 1. The number of anilines is 1. The monoisotopic (exact) mass is 251 g/mol. The van der Waals surface area contributed by atoms with Crippen molar-refractivity contribution in [2.75, 3.05) is 5.32 Å². The molecule has 3 aromatic rings. The average Bonchev–Trinajstić information content (AvgIpc) is 2.83. The number of benzene rings is 1. The summed E-state index contributed by atoms with van der Waals surface area (Å²) >= 11 is 0. The highest BCUT2D eigenvalue weighted by molar-refractivity contribution is 6.08. The van der Waals surface area contributed by atoms with Crippen LogP contribution in [0.1, 0.15) is 10.4 Å². The van der Waals surface area contributed by atoms with Crippen molar-refractivity contribution < 1.29 is 4.79 Å². The molecule has 2 aromatic heterocycles. The summed E-state index contributed by atoms with van der Waals surface area (Å²) in [5, 5.41) is 3.86. The minimum Gasteiger partial charge on any atom is -0.336 e. The standard InChI is InChI=1S/C15H13N3O/c1-18-10-8-12-13(7-9-16-14(12)18)17-15(19)11-5-3-2-4-6-11/h2-10H,1H3,(H,16,17,19). The molecule has 4 heteroatoms. The normalized spacial score (nSPS) is 10.6. The van der Waals surface area contributed by atoms with E-state index in [2.05, 4.69) is 10.3 Å². The third-order valence-electron chi connectivity index (χ3n) is 3.05. The molecular formula is C15H13N3O. The topological polar surface area (TPSA) is 46.9 Å². The van der Waals surface area contributed by atoms with Crippen LogP contribution in [0.25, 0.3) is 11.0 Å². The highest BCUT2D eigenvalue weighted by Gasteiger charge is 2.09. The fourth-order valence-corrected chi connectivity index (χ4v) is 2.06. The number of amides is 1. The van der Waals surface area contributed by atoms with Crippen molar-refractivity contribution in [2.45, 2.75) is 0 Å². The number of fused-ring (bicyclic) bond motifs is 1. The molecule has 0 radical (unpaired) electrons. The van der Waals surface area contributed by atoms with Gasteiger partial charge in [-0.25, -0.2) is 4.98 Å². The lowest BCUT2D eigenvalue weighted by atomic mass is 10.2. The van der Waals surface area contributed by atoms with Crippen molar-refractivity contribution in [3.8, 4) is 0 Å². The zero-order valence-electron chi connectivity index (χ0n) is 10.5. The van der Waals surface area contributed by atoms with E-state index in [1.54, 1.807) is 18.3 Å². The van der Waals surface area contributed by atoms with E-state index >= 15 is 0 Å². The molecule has 1 amide bonds. The van der Waals surface area contributed by atoms with Crippen molar-refractivity contribution in [1.82, 2.24) is 9.55 Å². The number of pyridine rings is 1. The molecular weight excluding hydrogens is 238 g/mol. The highest BCUT2D eigenvalue weighted by Crippen LogP contribution is 2.22. The van der Waals surface area contributed by atoms with Gasteiger partial charge in [-0.3, -0.25) is 4.79 Å². The molecule has 94 valence electrons.